The summed E-state index contributed by atoms with van der Waals surface area (Å²) in [6.45, 7) is 0. The number of hydrogen-bond donors (Lipinski definition) is 0. The zero-order valence-electron chi connectivity index (χ0n) is 21.3. The van der Waals surface area contributed by atoms with Crippen LogP contribution >= 0.6 is 0 Å². The normalized spacial score (nSPS) is 11.3. The standard InChI is InChI=1S/C37H27N/c1-38(30-13-3-2-4-14-30)31-23-21-27(22-24-31)36-32-15-7-9-17-34(32)37(35-18-10-8-16-33(35)36)29-20-19-26-11-5-6-12-28(26)25-29/h2-25H,1H3. The van der Waals surface area contributed by atoms with Crippen molar-refractivity contribution in [3.8, 4) is 22.3 Å². The van der Waals surface area contributed by atoms with E-state index in [2.05, 4.69) is 158 Å². The largest absolute Gasteiger partial charge is 0.345 e. The number of nitrogens with zero attached hydrogens (tertiary/aromatic N) is 1. The summed E-state index contributed by atoms with van der Waals surface area (Å²) >= 11 is 0. The molecule has 0 unspecified atom stereocenters. The molecule has 0 spiro atoms. The third kappa shape index (κ3) is 3.72. The molecule has 38 heavy (non-hydrogen) atoms. The van der Waals surface area contributed by atoms with E-state index in [-0.39, 0.29) is 0 Å². The summed E-state index contributed by atoms with van der Waals surface area (Å²) in [6, 6.07) is 52.6. The van der Waals surface area contributed by atoms with E-state index in [0.717, 1.165) is 0 Å². The van der Waals surface area contributed by atoms with Crippen LogP contribution in [-0.2, 0) is 0 Å². The van der Waals surface area contributed by atoms with Crippen molar-refractivity contribution in [3.05, 3.63) is 146 Å². The molecule has 0 N–H and O–H groups in total. The van der Waals surface area contributed by atoms with Gasteiger partial charge in [-0.1, -0.05) is 115 Å². The summed E-state index contributed by atoms with van der Waals surface area (Å²) in [4.78, 5) is 2.23. The lowest BCUT2D eigenvalue weighted by molar-refractivity contribution is 1.21. The van der Waals surface area contributed by atoms with E-state index >= 15 is 0 Å². The van der Waals surface area contributed by atoms with Gasteiger partial charge in [-0.25, -0.2) is 0 Å². The van der Waals surface area contributed by atoms with Crippen LogP contribution in [-0.4, -0.2) is 7.05 Å². The summed E-state index contributed by atoms with van der Waals surface area (Å²) < 4.78 is 0. The first-order valence-corrected chi connectivity index (χ1v) is 13.1. The smallest absolute Gasteiger partial charge is 0.0408 e. The van der Waals surface area contributed by atoms with Crippen molar-refractivity contribution in [2.24, 2.45) is 0 Å². The second-order valence-electron chi connectivity index (χ2n) is 9.84. The van der Waals surface area contributed by atoms with E-state index in [1.54, 1.807) is 0 Å². The van der Waals surface area contributed by atoms with Gasteiger partial charge < -0.3 is 4.90 Å². The average molecular weight is 486 g/mol. The van der Waals surface area contributed by atoms with Crippen LogP contribution in [0.15, 0.2) is 146 Å². The molecule has 0 aliphatic heterocycles. The minimum atomic E-state index is 1.17. The number of rotatable bonds is 4. The summed E-state index contributed by atoms with van der Waals surface area (Å²) in [5.74, 6) is 0. The van der Waals surface area contributed by atoms with Crippen LogP contribution in [0.1, 0.15) is 0 Å². The summed E-state index contributed by atoms with van der Waals surface area (Å²) in [5, 5.41) is 7.64. The van der Waals surface area contributed by atoms with Crippen molar-refractivity contribution in [2.75, 3.05) is 11.9 Å². The third-order valence-corrected chi connectivity index (χ3v) is 7.66. The minimum absolute atomic E-state index is 1.17. The van der Waals surface area contributed by atoms with Crippen LogP contribution in [0.5, 0.6) is 0 Å². The van der Waals surface area contributed by atoms with E-state index in [9.17, 15) is 0 Å². The molecule has 7 aromatic rings. The number of fused-ring (bicyclic) bond motifs is 3. The molecule has 1 heteroatoms. The molecule has 0 amide bonds. The Balaban J connectivity index is 1.44. The first kappa shape index (κ1) is 22.3. The van der Waals surface area contributed by atoms with Crippen LogP contribution in [0.25, 0.3) is 54.6 Å². The molecule has 0 bridgehead atoms. The van der Waals surface area contributed by atoms with Gasteiger partial charge in [-0.05, 0) is 84.9 Å². The molecule has 0 heterocycles. The Morgan fingerprint density at radius 1 is 0.368 bits per heavy atom. The molecular weight excluding hydrogens is 458 g/mol. The molecule has 7 aromatic carbocycles. The minimum Gasteiger partial charge on any atom is -0.345 e. The maximum Gasteiger partial charge on any atom is 0.0408 e. The van der Waals surface area contributed by atoms with Gasteiger partial charge in [0.05, 0.1) is 0 Å². The van der Waals surface area contributed by atoms with Gasteiger partial charge >= 0.3 is 0 Å². The predicted octanol–water partition coefficient (Wildman–Crippen LogP) is 10.2. The summed E-state index contributed by atoms with van der Waals surface area (Å²) in [7, 11) is 2.12. The van der Waals surface area contributed by atoms with Crippen LogP contribution in [0.4, 0.5) is 11.4 Å². The van der Waals surface area contributed by atoms with Crippen molar-refractivity contribution < 1.29 is 0 Å². The van der Waals surface area contributed by atoms with Gasteiger partial charge in [-0.3, -0.25) is 0 Å². The average Bonchev–Trinajstić information content (AvgIpc) is 3.00. The number of anilines is 2. The number of hydrogen-bond acceptors (Lipinski definition) is 1. The highest BCUT2D eigenvalue weighted by Gasteiger charge is 2.17. The van der Waals surface area contributed by atoms with Crippen molar-refractivity contribution in [2.45, 2.75) is 0 Å². The molecule has 7 rings (SSSR count). The maximum atomic E-state index is 2.33. The molecular formula is C37H27N. The maximum absolute atomic E-state index is 2.33. The van der Waals surface area contributed by atoms with Crippen molar-refractivity contribution >= 4 is 43.7 Å². The Hall–Kier alpha value is -4.88. The predicted molar refractivity (Wildman–Crippen MR) is 164 cm³/mol. The fraction of sp³-hybridized carbons (Fsp3) is 0.0270. The van der Waals surface area contributed by atoms with Crippen molar-refractivity contribution in [3.63, 3.8) is 0 Å². The van der Waals surface area contributed by atoms with Crippen molar-refractivity contribution in [1.82, 2.24) is 0 Å². The van der Waals surface area contributed by atoms with Crippen LogP contribution < -0.4 is 4.90 Å². The van der Waals surface area contributed by atoms with Gasteiger partial charge in [0.15, 0.2) is 0 Å². The first-order valence-electron chi connectivity index (χ1n) is 13.1. The SMILES string of the molecule is CN(c1ccccc1)c1ccc(-c2c3ccccc3c(-c3ccc4ccccc4c3)c3ccccc23)cc1. The zero-order valence-corrected chi connectivity index (χ0v) is 21.3. The fourth-order valence-corrected chi connectivity index (χ4v) is 5.75. The van der Waals surface area contributed by atoms with E-state index in [1.807, 2.05) is 0 Å². The van der Waals surface area contributed by atoms with E-state index in [4.69, 9.17) is 0 Å². The van der Waals surface area contributed by atoms with Gasteiger partial charge in [0.2, 0.25) is 0 Å². The lowest BCUT2D eigenvalue weighted by Crippen LogP contribution is -2.08. The van der Waals surface area contributed by atoms with Crippen LogP contribution in [0.2, 0.25) is 0 Å². The van der Waals surface area contributed by atoms with Gasteiger partial charge in [-0.15, -0.1) is 0 Å². The van der Waals surface area contributed by atoms with Gasteiger partial charge in [0.1, 0.15) is 0 Å². The quantitative estimate of drug-likeness (QED) is 0.224. The molecule has 0 saturated carbocycles. The molecule has 0 aliphatic carbocycles. The summed E-state index contributed by atoms with van der Waals surface area (Å²) in [5.41, 5.74) is 7.41. The highest BCUT2D eigenvalue weighted by Crippen LogP contribution is 2.44. The molecule has 0 saturated heterocycles. The Morgan fingerprint density at radius 2 is 0.816 bits per heavy atom. The molecule has 180 valence electrons. The Kier molecular flexibility index (Phi) is 5.41. The Bertz CT molecular complexity index is 1860. The highest BCUT2D eigenvalue weighted by atomic mass is 15.1. The topological polar surface area (TPSA) is 3.24 Å². The van der Waals surface area contributed by atoms with E-state index in [1.165, 1.54) is 65.9 Å². The number of benzene rings is 7. The molecule has 0 aliphatic rings. The van der Waals surface area contributed by atoms with Crippen LogP contribution in [0, 0.1) is 0 Å². The fourth-order valence-electron chi connectivity index (χ4n) is 5.75. The molecule has 0 aromatic heterocycles. The highest BCUT2D eigenvalue weighted by molar-refractivity contribution is 6.21. The number of para-hydroxylation sites is 1. The zero-order chi connectivity index (χ0) is 25.5. The van der Waals surface area contributed by atoms with Crippen molar-refractivity contribution in [1.29, 1.82) is 0 Å². The van der Waals surface area contributed by atoms with Gasteiger partial charge in [0, 0.05) is 18.4 Å². The molecule has 0 radical (unpaired) electrons. The van der Waals surface area contributed by atoms with E-state index in [0.29, 0.717) is 0 Å². The third-order valence-electron chi connectivity index (χ3n) is 7.66. The lowest BCUT2D eigenvalue weighted by Gasteiger charge is -2.21. The van der Waals surface area contributed by atoms with Crippen LogP contribution in [0.3, 0.4) is 0 Å². The molecule has 0 fully saturated rings. The molecule has 0 atom stereocenters. The van der Waals surface area contributed by atoms with Gasteiger partial charge in [-0.2, -0.15) is 0 Å². The lowest BCUT2D eigenvalue weighted by atomic mass is 9.85. The molecule has 1 nitrogen and oxygen atoms in total. The second kappa shape index (κ2) is 9.21. The second-order valence-corrected chi connectivity index (χ2v) is 9.84. The van der Waals surface area contributed by atoms with E-state index < -0.39 is 0 Å². The van der Waals surface area contributed by atoms with Gasteiger partial charge in [0.25, 0.3) is 0 Å². The first-order chi connectivity index (χ1) is 18.8. The Labute approximate surface area is 223 Å². The monoisotopic (exact) mass is 485 g/mol. The Morgan fingerprint density at radius 3 is 1.42 bits per heavy atom. The summed E-state index contributed by atoms with van der Waals surface area (Å²) in [6.07, 6.45) is 0.